The number of hydrogen-bond acceptors (Lipinski definition) is 8. The normalized spacial score (nSPS) is 27.8. The molecule has 10 heteroatoms. The van der Waals surface area contributed by atoms with Gasteiger partial charge >= 0.3 is 0 Å². The largest absolute Gasteiger partial charge is 0.394 e. The van der Waals surface area contributed by atoms with E-state index >= 15 is 0 Å². The molecule has 3 N–H and O–H groups in total. The number of amides is 1. The quantitative estimate of drug-likeness (QED) is 0.658. The van der Waals surface area contributed by atoms with Crippen LogP contribution >= 0.6 is 0 Å². The number of nitrogens with zero attached hydrogens (tertiary/aromatic N) is 5. The minimum absolute atomic E-state index is 0.0132. The molecule has 4 heterocycles. The Bertz CT molecular complexity index is 856. The Labute approximate surface area is 162 Å². The Kier molecular flexibility index (Phi) is 5.17. The average Bonchev–Trinajstić information content (AvgIpc) is 3.39. The highest BCUT2D eigenvalue weighted by molar-refractivity contribution is 5.83. The van der Waals surface area contributed by atoms with Crippen LogP contribution in [0.1, 0.15) is 32.9 Å². The van der Waals surface area contributed by atoms with Crippen molar-refractivity contribution >= 4 is 22.9 Å². The van der Waals surface area contributed by atoms with E-state index in [4.69, 9.17) is 4.74 Å². The maximum atomic E-state index is 12.2. The third-order valence-electron chi connectivity index (χ3n) is 5.34. The fraction of sp³-hybridized carbons (Fsp3) is 0.667. The second-order valence-electron chi connectivity index (χ2n) is 7.75. The zero-order valence-electron chi connectivity index (χ0n) is 16.0. The van der Waals surface area contributed by atoms with Gasteiger partial charge in [-0.3, -0.25) is 9.36 Å². The first-order chi connectivity index (χ1) is 13.5. The summed E-state index contributed by atoms with van der Waals surface area (Å²) in [5.41, 5.74) is 1.13. The SMILES string of the molecule is CC(C)C(=O)N1CC[C@@H](Nc2ncnc3c2ncn3[C@@H]2O[C@H](CO)C[C@H]2O)C1. The summed E-state index contributed by atoms with van der Waals surface area (Å²) in [4.78, 5) is 27.1. The van der Waals surface area contributed by atoms with Gasteiger partial charge < -0.3 is 25.2 Å². The van der Waals surface area contributed by atoms with Crippen LogP contribution in [0.3, 0.4) is 0 Å². The predicted octanol–water partition coefficient (Wildman–Crippen LogP) is 0.136. The lowest BCUT2D eigenvalue weighted by Crippen LogP contribution is -2.34. The summed E-state index contributed by atoms with van der Waals surface area (Å²) in [6.07, 6.45) is 2.43. The van der Waals surface area contributed by atoms with Crippen LogP contribution in [0, 0.1) is 5.92 Å². The molecule has 2 saturated heterocycles. The van der Waals surface area contributed by atoms with E-state index in [9.17, 15) is 15.0 Å². The molecule has 4 atom stereocenters. The topological polar surface area (TPSA) is 126 Å². The van der Waals surface area contributed by atoms with E-state index in [1.165, 1.54) is 6.33 Å². The summed E-state index contributed by atoms with van der Waals surface area (Å²) in [7, 11) is 0. The predicted molar refractivity (Wildman–Crippen MR) is 100 cm³/mol. The Morgan fingerprint density at radius 1 is 1.39 bits per heavy atom. The summed E-state index contributed by atoms with van der Waals surface area (Å²) < 4.78 is 7.38. The standard InChI is InChI=1S/C18H26N6O4/c1-10(2)17(27)23-4-3-11(6-23)22-15-14-16(20-8-19-15)24(9-21-14)18-13(26)5-12(7-25)28-18/h8-13,18,25-26H,3-7H2,1-2H3,(H,19,20,22)/t11-,12+,13-,18-/m1/s1. The van der Waals surface area contributed by atoms with Crippen molar-refractivity contribution in [2.45, 2.75) is 51.2 Å². The molecule has 0 aromatic carbocycles. The zero-order chi connectivity index (χ0) is 19.8. The first-order valence-electron chi connectivity index (χ1n) is 9.65. The van der Waals surface area contributed by atoms with Crippen molar-refractivity contribution in [2.24, 2.45) is 5.92 Å². The Morgan fingerprint density at radius 2 is 2.21 bits per heavy atom. The van der Waals surface area contributed by atoms with Crippen LogP contribution in [-0.4, -0.2) is 78.5 Å². The van der Waals surface area contributed by atoms with E-state index in [1.54, 1.807) is 10.9 Å². The number of carbonyl (C=O) groups excluding carboxylic acids is 1. The molecule has 4 rings (SSSR count). The summed E-state index contributed by atoms with van der Waals surface area (Å²) in [6, 6.07) is 0.0954. The number of hydrogen-bond donors (Lipinski definition) is 3. The van der Waals surface area contributed by atoms with Gasteiger partial charge in [-0.1, -0.05) is 13.8 Å². The molecule has 2 aliphatic rings. The number of imidazole rings is 1. The highest BCUT2D eigenvalue weighted by Gasteiger charge is 2.36. The molecule has 1 amide bonds. The summed E-state index contributed by atoms with van der Waals surface area (Å²) in [5.74, 6) is 0.742. The number of aromatic nitrogens is 4. The highest BCUT2D eigenvalue weighted by Crippen LogP contribution is 2.32. The minimum Gasteiger partial charge on any atom is -0.394 e. The monoisotopic (exact) mass is 390 g/mol. The van der Waals surface area contributed by atoms with Gasteiger partial charge in [-0.05, 0) is 6.42 Å². The number of carbonyl (C=O) groups is 1. The maximum absolute atomic E-state index is 12.2. The average molecular weight is 390 g/mol. The van der Waals surface area contributed by atoms with E-state index in [2.05, 4.69) is 20.3 Å². The van der Waals surface area contributed by atoms with Gasteiger partial charge in [0.25, 0.3) is 0 Å². The third-order valence-corrected chi connectivity index (χ3v) is 5.34. The lowest BCUT2D eigenvalue weighted by Gasteiger charge is -2.19. The number of likely N-dealkylation sites (tertiary alicyclic amines) is 1. The maximum Gasteiger partial charge on any atom is 0.225 e. The number of ether oxygens (including phenoxy) is 1. The van der Waals surface area contributed by atoms with Crippen molar-refractivity contribution < 1.29 is 19.7 Å². The van der Waals surface area contributed by atoms with Gasteiger partial charge in [0.1, 0.15) is 12.4 Å². The van der Waals surface area contributed by atoms with Crippen LogP contribution in [-0.2, 0) is 9.53 Å². The number of anilines is 1. The Balaban J connectivity index is 1.52. The molecule has 0 saturated carbocycles. The van der Waals surface area contributed by atoms with Gasteiger partial charge in [0.2, 0.25) is 5.91 Å². The molecular formula is C18H26N6O4. The van der Waals surface area contributed by atoms with Crippen molar-refractivity contribution in [3.8, 4) is 0 Å². The van der Waals surface area contributed by atoms with Gasteiger partial charge in [-0.25, -0.2) is 15.0 Å². The van der Waals surface area contributed by atoms with Gasteiger partial charge in [0.15, 0.2) is 23.2 Å². The van der Waals surface area contributed by atoms with Gasteiger partial charge in [-0.15, -0.1) is 0 Å². The van der Waals surface area contributed by atoms with E-state index in [0.29, 0.717) is 29.9 Å². The van der Waals surface area contributed by atoms with Crippen LogP contribution in [0.2, 0.25) is 0 Å². The third kappa shape index (κ3) is 3.43. The van der Waals surface area contributed by atoms with Crippen LogP contribution < -0.4 is 5.32 Å². The molecule has 0 bridgehead atoms. The van der Waals surface area contributed by atoms with Crippen molar-refractivity contribution in [3.63, 3.8) is 0 Å². The van der Waals surface area contributed by atoms with Crippen molar-refractivity contribution in [1.82, 2.24) is 24.4 Å². The van der Waals surface area contributed by atoms with Gasteiger partial charge in [-0.2, -0.15) is 0 Å². The molecule has 0 unspecified atom stereocenters. The summed E-state index contributed by atoms with van der Waals surface area (Å²) >= 11 is 0. The van der Waals surface area contributed by atoms with E-state index in [1.807, 2.05) is 18.7 Å². The number of aliphatic hydroxyl groups is 2. The van der Waals surface area contributed by atoms with E-state index in [0.717, 1.165) is 13.0 Å². The molecule has 2 fully saturated rings. The lowest BCUT2D eigenvalue weighted by molar-refractivity contribution is -0.133. The Morgan fingerprint density at radius 3 is 2.93 bits per heavy atom. The number of fused-ring (bicyclic) bond motifs is 1. The molecule has 2 aromatic heterocycles. The van der Waals surface area contributed by atoms with E-state index < -0.39 is 18.4 Å². The first-order valence-corrected chi connectivity index (χ1v) is 9.65. The smallest absolute Gasteiger partial charge is 0.225 e. The van der Waals surface area contributed by atoms with Crippen molar-refractivity contribution in [1.29, 1.82) is 0 Å². The second kappa shape index (κ2) is 7.61. The summed E-state index contributed by atoms with van der Waals surface area (Å²) in [5, 5.41) is 22.9. The molecule has 152 valence electrons. The lowest BCUT2D eigenvalue weighted by atomic mass is 10.2. The molecule has 2 aliphatic heterocycles. The molecule has 0 spiro atoms. The second-order valence-corrected chi connectivity index (χ2v) is 7.75. The van der Waals surface area contributed by atoms with Gasteiger partial charge in [0, 0.05) is 31.5 Å². The fourth-order valence-corrected chi connectivity index (χ4v) is 3.88. The van der Waals surface area contributed by atoms with Gasteiger partial charge in [0.05, 0.1) is 19.0 Å². The first kappa shape index (κ1) is 19.0. The van der Waals surface area contributed by atoms with Crippen LogP contribution in [0.25, 0.3) is 11.2 Å². The number of aliphatic hydroxyl groups excluding tert-OH is 2. The molecule has 0 radical (unpaired) electrons. The Hall–Kier alpha value is -2.30. The fourth-order valence-electron chi connectivity index (χ4n) is 3.88. The van der Waals surface area contributed by atoms with Crippen molar-refractivity contribution in [2.75, 3.05) is 25.0 Å². The minimum atomic E-state index is -0.744. The van der Waals surface area contributed by atoms with E-state index in [-0.39, 0.29) is 24.5 Å². The zero-order valence-corrected chi connectivity index (χ0v) is 16.0. The molecule has 2 aromatic rings. The van der Waals surface area contributed by atoms with Crippen LogP contribution in [0.4, 0.5) is 5.82 Å². The summed E-state index contributed by atoms with van der Waals surface area (Å²) in [6.45, 7) is 5.03. The number of rotatable bonds is 5. The van der Waals surface area contributed by atoms with Crippen LogP contribution in [0.5, 0.6) is 0 Å². The molecule has 28 heavy (non-hydrogen) atoms. The van der Waals surface area contributed by atoms with Crippen LogP contribution in [0.15, 0.2) is 12.7 Å². The molecular weight excluding hydrogens is 364 g/mol. The van der Waals surface area contributed by atoms with Crippen molar-refractivity contribution in [3.05, 3.63) is 12.7 Å². The molecule has 0 aliphatic carbocycles. The molecule has 10 nitrogen and oxygen atoms in total. The highest BCUT2D eigenvalue weighted by atomic mass is 16.5. The number of nitrogens with one attached hydrogen (secondary N) is 1.